The van der Waals surface area contributed by atoms with E-state index in [0.29, 0.717) is 18.2 Å². The molecule has 1 saturated carbocycles. The molecule has 1 aliphatic heterocycles. The summed E-state index contributed by atoms with van der Waals surface area (Å²) >= 11 is 0. The van der Waals surface area contributed by atoms with Gasteiger partial charge in [-0.2, -0.15) is 5.10 Å². The van der Waals surface area contributed by atoms with Gasteiger partial charge in [0.05, 0.1) is 19.6 Å². The normalized spacial score (nSPS) is 23.8. The fourth-order valence-electron chi connectivity index (χ4n) is 4.07. The van der Waals surface area contributed by atoms with Crippen molar-refractivity contribution >= 4 is 11.8 Å². The molecule has 1 aliphatic carbocycles. The highest BCUT2D eigenvalue weighted by Gasteiger charge is 2.38. The van der Waals surface area contributed by atoms with E-state index in [1.54, 1.807) is 4.68 Å². The summed E-state index contributed by atoms with van der Waals surface area (Å²) < 4.78 is 1.65. The second-order valence-corrected chi connectivity index (χ2v) is 7.01. The lowest BCUT2D eigenvalue weighted by molar-refractivity contribution is -0.136. The van der Waals surface area contributed by atoms with Crippen molar-refractivity contribution in [1.82, 2.24) is 19.7 Å². The molecule has 2 amide bonds. The zero-order valence-electron chi connectivity index (χ0n) is 14.6. The number of nitrogens with two attached hydrogens (primary N) is 1. The van der Waals surface area contributed by atoms with Crippen LogP contribution in [0, 0.1) is 5.92 Å². The molecule has 138 valence electrons. The Balaban J connectivity index is 1.86. The Labute approximate surface area is 147 Å². The van der Waals surface area contributed by atoms with E-state index in [4.69, 9.17) is 5.73 Å². The minimum atomic E-state index is -0.485. The Morgan fingerprint density at radius 2 is 1.88 bits per heavy atom. The van der Waals surface area contributed by atoms with Crippen molar-refractivity contribution in [2.45, 2.75) is 57.4 Å². The molecule has 0 unspecified atom stereocenters. The summed E-state index contributed by atoms with van der Waals surface area (Å²) in [6.07, 6.45) is 5.96. The fraction of sp³-hybridized carbons (Fsp3) is 0.765. The molecule has 2 aliphatic rings. The third-order valence-electron chi connectivity index (χ3n) is 5.22. The maximum atomic E-state index is 13.0. The van der Waals surface area contributed by atoms with E-state index in [0.717, 1.165) is 51.6 Å². The number of carbonyl (C=O) groups is 2. The van der Waals surface area contributed by atoms with Crippen molar-refractivity contribution in [3.63, 3.8) is 0 Å². The van der Waals surface area contributed by atoms with Crippen LogP contribution < -0.4 is 5.73 Å². The zero-order valence-corrected chi connectivity index (χ0v) is 14.6. The molecule has 2 fully saturated rings. The number of primary amides is 1. The molecule has 2 heterocycles. The summed E-state index contributed by atoms with van der Waals surface area (Å²) in [6.45, 7) is 1.93. The van der Waals surface area contributed by atoms with Gasteiger partial charge in [0.2, 0.25) is 11.8 Å². The quantitative estimate of drug-likeness (QED) is 0.761. The number of aliphatic hydroxyl groups excluding tert-OH is 1. The van der Waals surface area contributed by atoms with Crippen molar-refractivity contribution in [1.29, 1.82) is 0 Å². The van der Waals surface area contributed by atoms with Crippen LogP contribution in [-0.4, -0.2) is 56.3 Å². The molecule has 0 bridgehead atoms. The lowest BCUT2D eigenvalue weighted by Crippen LogP contribution is -2.38. The molecule has 8 heteroatoms. The highest BCUT2D eigenvalue weighted by Crippen LogP contribution is 2.38. The molecule has 0 spiro atoms. The first-order chi connectivity index (χ1) is 12.1. The Hall–Kier alpha value is -1.96. The van der Waals surface area contributed by atoms with Gasteiger partial charge in [0, 0.05) is 24.9 Å². The second kappa shape index (κ2) is 7.95. The number of hydrogen-bond acceptors (Lipinski definition) is 5. The van der Waals surface area contributed by atoms with Gasteiger partial charge in [-0.1, -0.05) is 12.8 Å². The molecule has 3 rings (SSSR count). The molecule has 1 saturated heterocycles. The Morgan fingerprint density at radius 3 is 2.56 bits per heavy atom. The third kappa shape index (κ3) is 4.00. The highest BCUT2D eigenvalue weighted by molar-refractivity contribution is 5.80. The summed E-state index contributed by atoms with van der Waals surface area (Å²) in [5.74, 6) is 0.715. The monoisotopic (exact) mass is 349 g/mol. The minimum Gasteiger partial charge on any atom is -0.394 e. The van der Waals surface area contributed by atoms with E-state index >= 15 is 0 Å². The molecule has 1 aromatic rings. The summed E-state index contributed by atoms with van der Waals surface area (Å²) in [6, 6.07) is 0. The number of hydrogen-bond donors (Lipinski definition) is 2. The van der Waals surface area contributed by atoms with Crippen molar-refractivity contribution in [2.24, 2.45) is 11.7 Å². The van der Waals surface area contributed by atoms with Crippen LogP contribution >= 0.6 is 0 Å². The first-order valence-electron chi connectivity index (χ1n) is 9.21. The predicted molar refractivity (Wildman–Crippen MR) is 90.5 cm³/mol. The van der Waals surface area contributed by atoms with Gasteiger partial charge in [0.15, 0.2) is 5.82 Å². The summed E-state index contributed by atoms with van der Waals surface area (Å²) in [5.41, 5.74) is 5.26. The topological polar surface area (TPSA) is 114 Å². The number of carbonyl (C=O) groups excluding carboxylic acids is 2. The maximum Gasteiger partial charge on any atom is 0.226 e. The molecular formula is C17H27N5O3. The summed E-state index contributed by atoms with van der Waals surface area (Å²) in [5, 5.41) is 13.7. The van der Waals surface area contributed by atoms with Crippen LogP contribution in [0.1, 0.15) is 56.1 Å². The van der Waals surface area contributed by atoms with Crippen LogP contribution in [0.5, 0.6) is 0 Å². The van der Waals surface area contributed by atoms with E-state index in [9.17, 15) is 14.7 Å². The summed E-state index contributed by atoms with van der Waals surface area (Å²) in [7, 11) is 0. The van der Waals surface area contributed by atoms with Crippen LogP contribution in [0.4, 0.5) is 0 Å². The molecule has 1 aromatic heterocycles. The van der Waals surface area contributed by atoms with Crippen LogP contribution in [0.15, 0.2) is 0 Å². The van der Waals surface area contributed by atoms with Crippen LogP contribution in [0.25, 0.3) is 0 Å². The smallest absolute Gasteiger partial charge is 0.226 e. The Bertz CT molecular complexity index is 624. The number of nitrogens with zero attached hydrogens (tertiary/aromatic N) is 4. The van der Waals surface area contributed by atoms with Crippen molar-refractivity contribution < 1.29 is 14.7 Å². The van der Waals surface area contributed by atoms with E-state index in [1.165, 1.54) is 0 Å². The van der Waals surface area contributed by atoms with Crippen LogP contribution in [0.2, 0.25) is 0 Å². The van der Waals surface area contributed by atoms with E-state index in [-0.39, 0.29) is 30.8 Å². The predicted octanol–water partition coefficient (Wildman–Crippen LogP) is 0.194. The molecule has 3 N–H and O–H groups in total. The van der Waals surface area contributed by atoms with E-state index in [2.05, 4.69) is 10.1 Å². The van der Waals surface area contributed by atoms with Gasteiger partial charge in [-0.3, -0.25) is 9.59 Å². The van der Waals surface area contributed by atoms with Crippen LogP contribution in [-0.2, 0) is 22.6 Å². The number of amides is 2. The molecular weight excluding hydrogens is 322 g/mol. The van der Waals surface area contributed by atoms with Crippen molar-refractivity contribution in [2.75, 3.05) is 19.7 Å². The molecule has 8 nitrogen and oxygen atoms in total. The standard InChI is InChI=1S/C17H27N5O3/c18-14(24)11-15-19-16(22(20-15)9-10-23)12-5-1-2-6-13(12)17(25)21-7-3-4-8-21/h12-13,23H,1-11H2,(H2,18,24)/t12-,13+/m0/s1. The second-order valence-electron chi connectivity index (χ2n) is 7.01. The largest absolute Gasteiger partial charge is 0.394 e. The van der Waals surface area contributed by atoms with Gasteiger partial charge in [-0.15, -0.1) is 0 Å². The van der Waals surface area contributed by atoms with Gasteiger partial charge >= 0.3 is 0 Å². The molecule has 0 aromatic carbocycles. The number of rotatable bonds is 6. The lowest BCUT2D eigenvalue weighted by atomic mass is 9.78. The van der Waals surface area contributed by atoms with Gasteiger partial charge < -0.3 is 15.7 Å². The van der Waals surface area contributed by atoms with Crippen molar-refractivity contribution in [3.8, 4) is 0 Å². The SMILES string of the molecule is NC(=O)Cc1nc([C@H]2CCCC[C@H]2C(=O)N2CCCC2)n(CCO)n1. The van der Waals surface area contributed by atoms with Gasteiger partial charge in [0.25, 0.3) is 0 Å². The van der Waals surface area contributed by atoms with E-state index in [1.807, 2.05) is 4.90 Å². The van der Waals surface area contributed by atoms with Crippen molar-refractivity contribution in [3.05, 3.63) is 11.6 Å². The van der Waals surface area contributed by atoms with Gasteiger partial charge in [-0.25, -0.2) is 9.67 Å². The number of likely N-dealkylation sites (tertiary alicyclic amines) is 1. The van der Waals surface area contributed by atoms with Gasteiger partial charge in [0.1, 0.15) is 5.82 Å². The minimum absolute atomic E-state index is 0.0115. The summed E-state index contributed by atoms with van der Waals surface area (Å²) in [4.78, 5) is 30.7. The number of aromatic nitrogens is 3. The lowest BCUT2D eigenvalue weighted by Gasteiger charge is -2.32. The average Bonchev–Trinajstić information content (AvgIpc) is 3.24. The maximum absolute atomic E-state index is 13.0. The zero-order chi connectivity index (χ0) is 17.8. The van der Waals surface area contributed by atoms with Gasteiger partial charge in [-0.05, 0) is 25.7 Å². The third-order valence-corrected chi connectivity index (χ3v) is 5.22. The number of aliphatic hydroxyl groups is 1. The Kier molecular flexibility index (Phi) is 5.67. The first-order valence-corrected chi connectivity index (χ1v) is 9.21. The first kappa shape index (κ1) is 17.8. The highest BCUT2D eigenvalue weighted by atomic mass is 16.3. The average molecular weight is 349 g/mol. The fourth-order valence-corrected chi connectivity index (χ4v) is 4.07. The molecule has 0 radical (unpaired) electrons. The molecule has 25 heavy (non-hydrogen) atoms. The van der Waals surface area contributed by atoms with E-state index < -0.39 is 5.91 Å². The molecule has 2 atom stereocenters. The Morgan fingerprint density at radius 1 is 1.16 bits per heavy atom. The van der Waals surface area contributed by atoms with Crippen LogP contribution in [0.3, 0.4) is 0 Å².